The third-order valence-corrected chi connectivity index (χ3v) is 5.69. The van der Waals surface area contributed by atoms with Crippen LogP contribution in [-0.2, 0) is 11.2 Å². The normalized spacial score (nSPS) is 14.3. The minimum atomic E-state index is 0.654. The SMILES string of the molecule is COCCCOc1cccc(CC(C/C=C/CC(CN(C)C)C(C)C)C(C)C)c1. The number of ether oxygens (including phenoxy) is 2. The van der Waals surface area contributed by atoms with Gasteiger partial charge in [-0.25, -0.2) is 0 Å². The average molecular weight is 404 g/mol. The first kappa shape index (κ1) is 25.7. The number of nitrogens with zero attached hydrogens (tertiary/aromatic N) is 1. The van der Waals surface area contributed by atoms with E-state index in [0.717, 1.165) is 50.0 Å². The van der Waals surface area contributed by atoms with E-state index in [1.54, 1.807) is 7.11 Å². The summed E-state index contributed by atoms with van der Waals surface area (Å²) in [5, 5.41) is 0. The Kier molecular flexibility index (Phi) is 13.0. The van der Waals surface area contributed by atoms with Crippen LogP contribution in [0.5, 0.6) is 5.75 Å². The molecular formula is C26H45NO2. The molecule has 3 nitrogen and oxygen atoms in total. The highest BCUT2D eigenvalue weighted by atomic mass is 16.5. The molecule has 0 saturated carbocycles. The predicted octanol–water partition coefficient (Wildman–Crippen LogP) is 6.09. The Balaban J connectivity index is 2.58. The van der Waals surface area contributed by atoms with E-state index in [1.165, 1.54) is 12.0 Å². The van der Waals surface area contributed by atoms with E-state index in [0.29, 0.717) is 18.4 Å². The van der Waals surface area contributed by atoms with Gasteiger partial charge in [0, 0.05) is 26.7 Å². The average Bonchev–Trinajstić information content (AvgIpc) is 2.66. The smallest absolute Gasteiger partial charge is 0.119 e. The summed E-state index contributed by atoms with van der Waals surface area (Å²) in [7, 11) is 6.07. The highest BCUT2D eigenvalue weighted by Gasteiger charge is 2.15. The van der Waals surface area contributed by atoms with Crippen molar-refractivity contribution in [2.45, 2.75) is 53.4 Å². The quantitative estimate of drug-likeness (QED) is 0.261. The van der Waals surface area contributed by atoms with Crippen molar-refractivity contribution < 1.29 is 9.47 Å². The van der Waals surface area contributed by atoms with Crippen molar-refractivity contribution in [1.82, 2.24) is 4.90 Å². The van der Waals surface area contributed by atoms with Crippen molar-refractivity contribution in [3.05, 3.63) is 42.0 Å². The standard InChI is InChI=1S/C26H45NO2/c1-21(2)24(13-8-9-14-25(22(3)4)20-27(5)6)18-23-12-10-15-26(19-23)29-17-11-16-28-7/h8-10,12,15,19,21-22,24-25H,11,13-14,16-18,20H2,1-7H3/b9-8+. The van der Waals surface area contributed by atoms with Gasteiger partial charge in [-0.15, -0.1) is 0 Å². The zero-order valence-corrected chi connectivity index (χ0v) is 20.0. The molecule has 0 aliphatic rings. The zero-order chi connectivity index (χ0) is 21.6. The number of rotatable bonds is 15. The summed E-state index contributed by atoms with van der Waals surface area (Å²) in [6.07, 6.45) is 9.17. The molecular weight excluding hydrogens is 358 g/mol. The van der Waals surface area contributed by atoms with Gasteiger partial charge in [0.25, 0.3) is 0 Å². The first-order valence-corrected chi connectivity index (χ1v) is 11.3. The first-order valence-electron chi connectivity index (χ1n) is 11.3. The van der Waals surface area contributed by atoms with Crippen LogP contribution < -0.4 is 4.74 Å². The number of methoxy groups -OCH3 is 1. The Morgan fingerprint density at radius 2 is 1.59 bits per heavy atom. The van der Waals surface area contributed by atoms with E-state index < -0.39 is 0 Å². The molecule has 0 aromatic heterocycles. The fourth-order valence-corrected chi connectivity index (χ4v) is 3.62. The molecule has 2 unspecified atom stereocenters. The van der Waals surface area contributed by atoms with Gasteiger partial charge in [-0.05, 0) is 74.7 Å². The molecule has 0 heterocycles. The monoisotopic (exact) mass is 403 g/mol. The second kappa shape index (κ2) is 14.6. The minimum Gasteiger partial charge on any atom is -0.493 e. The van der Waals surface area contributed by atoms with Crippen molar-refractivity contribution in [3.8, 4) is 5.75 Å². The molecule has 0 spiro atoms. The molecule has 0 aliphatic heterocycles. The van der Waals surface area contributed by atoms with E-state index >= 15 is 0 Å². The lowest BCUT2D eigenvalue weighted by molar-refractivity contribution is 0.172. The Morgan fingerprint density at radius 3 is 2.17 bits per heavy atom. The van der Waals surface area contributed by atoms with Crippen LogP contribution >= 0.6 is 0 Å². The van der Waals surface area contributed by atoms with Gasteiger partial charge in [-0.1, -0.05) is 52.0 Å². The van der Waals surface area contributed by atoms with Gasteiger partial charge in [0.05, 0.1) is 6.61 Å². The van der Waals surface area contributed by atoms with Crippen molar-refractivity contribution in [1.29, 1.82) is 0 Å². The van der Waals surface area contributed by atoms with Crippen molar-refractivity contribution in [3.63, 3.8) is 0 Å². The van der Waals surface area contributed by atoms with Crippen LogP contribution in [0.15, 0.2) is 36.4 Å². The molecule has 29 heavy (non-hydrogen) atoms. The molecule has 0 N–H and O–H groups in total. The van der Waals surface area contributed by atoms with Crippen LogP contribution in [0.2, 0.25) is 0 Å². The van der Waals surface area contributed by atoms with Crippen molar-refractivity contribution in [2.75, 3.05) is 41.0 Å². The molecule has 3 heteroatoms. The second-order valence-electron chi connectivity index (χ2n) is 9.26. The highest BCUT2D eigenvalue weighted by molar-refractivity contribution is 5.29. The van der Waals surface area contributed by atoms with Gasteiger partial charge in [0.15, 0.2) is 0 Å². The van der Waals surface area contributed by atoms with Gasteiger partial charge in [-0.2, -0.15) is 0 Å². The largest absolute Gasteiger partial charge is 0.493 e. The third-order valence-electron chi connectivity index (χ3n) is 5.69. The summed E-state index contributed by atoms with van der Waals surface area (Å²) < 4.78 is 11.0. The topological polar surface area (TPSA) is 21.7 Å². The van der Waals surface area contributed by atoms with Gasteiger partial charge >= 0.3 is 0 Å². The number of benzene rings is 1. The van der Waals surface area contributed by atoms with Gasteiger partial charge in [-0.3, -0.25) is 0 Å². The molecule has 0 aliphatic carbocycles. The lowest BCUT2D eigenvalue weighted by atomic mass is 9.86. The molecule has 0 amide bonds. The summed E-state index contributed by atoms with van der Waals surface area (Å²) in [5.74, 6) is 3.73. The molecule has 1 aromatic carbocycles. The van der Waals surface area contributed by atoms with Crippen LogP contribution in [0.4, 0.5) is 0 Å². The van der Waals surface area contributed by atoms with Gasteiger partial charge in [0.1, 0.15) is 5.75 Å². The van der Waals surface area contributed by atoms with Crippen LogP contribution in [0.25, 0.3) is 0 Å². The molecule has 0 saturated heterocycles. The Hall–Kier alpha value is -1.32. The minimum absolute atomic E-state index is 0.654. The van der Waals surface area contributed by atoms with E-state index in [-0.39, 0.29) is 0 Å². The number of hydrogen-bond donors (Lipinski definition) is 0. The molecule has 1 aromatic rings. The summed E-state index contributed by atoms with van der Waals surface area (Å²) in [5.41, 5.74) is 1.37. The lowest BCUT2D eigenvalue weighted by Gasteiger charge is -2.23. The molecule has 166 valence electrons. The maximum Gasteiger partial charge on any atom is 0.119 e. The molecule has 0 bridgehead atoms. The number of hydrogen-bond acceptors (Lipinski definition) is 3. The Morgan fingerprint density at radius 1 is 0.931 bits per heavy atom. The maximum atomic E-state index is 5.87. The predicted molar refractivity (Wildman–Crippen MR) is 126 cm³/mol. The summed E-state index contributed by atoms with van der Waals surface area (Å²) in [6, 6.07) is 8.60. The molecule has 2 atom stereocenters. The zero-order valence-electron chi connectivity index (χ0n) is 20.0. The van der Waals surface area contributed by atoms with Crippen molar-refractivity contribution >= 4 is 0 Å². The number of allylic oxidation sites excluding steroid dienone is 2. The fourth-order valence-electron chi connectivity index (χ4n) is 3.62. The van der Waals surface area contributed by atoms with Gasteiger partial charge < -0.3 is 14.4 Å². The third kappa shape index (κ3) is 11.4. The van der Waals surface area contributed by atoms with E-state index in [4.69, 9.17) is 9.47 Å². The van der Waals surface area contributed by atoms with E-state index in [9.17, 15) is 0 Å². The van der Waals surface area contributed by atoms with E-state index in [1.807, 2.05) is 0 Å². The highest BCUT2D eigenvalue weighted by Crippen LogP contribution is 2.24. The summed E-state index contributed by atoms with van der Waals surface area (Å²) >= 11 is 0. The molecule has 0 fully saturated rings. The summed E-state index contributed by atoms with van der Waals surface area (Å²) in [6.45, 7) is 12.0. The van der Waals surface area contributed by atoms with Crippen LogP contribution in [0, 0.1) is 23.7 Å². The van der Waals surface area contributed by atoms with E-state index in [2.05, 4.69) is 83.1 Å². The Bertz CT molecular complexity index is 566. The van der Waals surface area contributed by atoms with Crippen LogP contribution in [-0.4, -0.2) is 45.9 Å². The van der Waals surface area contributed by atoms with Crippen LogP contribution in [0.3, 0.4) is 0 Å². The summed E-state index contributed by atoms with van der Waals surface area (Å²) in [4.78, 5) is 2.31. The van der Waals surface area contributed by atoms with Crippen molar-refractivity contribution in [2.24, 2.45) is 23.7 Å². The van der Waals surface area contributed by atoms with Crippen LogP contribution in [0.1, 0.15) is 52.5 Å². The fraction of sp³-hybridized carbons (Fsp3) is 0.692. The maximum absolute atomic E-state index is 5.87. The first-order chi connectivity index (χ1) is 13.8. The molecule has 1 rings (SSSR count). The molecule has 0 radical (unpaired) electrons. The Labute approximate surface area is 180 Å². The second-order valence-corrected chi connectivity index (χ2v) is 9.26. The lowest BCUT2D eigenvalue weighted by Crippen LogP contribution is -2.24. The van der Waals surface area contributed by atoms with Gasteiger partial charge in [0.2, 0.25) is 0 Å².